The van der Waals surface area contributed by atoms with Crippen LogP contribution in [0.25, 0.3) is 22.2 Å². The van der Waals surface area contributed by atoms with E-state index in [1.165, 1.54) is 18.2 Å². The van der Waals surface area contributed by atoms with Gasteiger partial charge < -0.3 is 14.4 Å². The molecule has 1 N–H and O–H groups in total. The molecule has 3 rings (SSSR count). The Kier molecular flexibility index (Phi) is 4.74. The molecule has 2 heterocycles. The van der Waals surface area contributed by atoms with E-state index in [9.17, 15) is 14.3 Å². The number of carbonyl (C=O) groups is 1. The average Bonchev–Trinajstić information content (AvgIpc) is 2.96. The van der Waals surface area contributed by atoms with Crippen LogP contribution in [-0.4, -0.2) is 34.3 Å². The van der Waals surface area contributed by atoms with E-state index < -0.39 is 11.8 Å². The zero-order valence-corrected chi connectivity index (χ0v) is 14.4. The predicted molar refractivity (Wildman–Crippen MR) is 93.7 cm³/mol. The smallest absolute Gasteiger partial charge is 0.354 e. The molecule has 0 bridgehead atoms. The fourth-order valence-electron chi connectivity index (χ4n) is 2.80. The molecule has 25 heavy (non-hydrogen) atoms. The number of aromatic carboxylic acids is 1. The summed E-state index contributed by atoms with van der Waals surface area (Å²) in [4.78, 5) is 15.5. The van der Waals surface area contributed by atoms with Gasteiger partial charge in [0.15, 0.2) is 5.69 Å². The highest BCUT2D eigenvalue weighted by Crippen LogP contribution is 2.33. The van der Waals surface area contributed by atoms with E-state index in [4.69, 9.17) is 16.3 Å². The number of ether oxygens (including phenoxy) is 1. The van der Waals surface area contributed by atoms with Crippen molar-refractivity contribution in [3.8, 4) is 11.1 Å². The van der Waals surface area contributed by atoms with E-state index >= 15 is 0 Å². The fraction of sp³-hybridized carbons (Fsp3) is 0.222. The molecule has 0 amide bonds. The second kappa shape index (κ2) is 6.82. The zero-order chi connectivity index (χ0) is 18.1. The van der Waals surface area contributed by atoms with Crippen molar-refractivity contribution in [3.05, 3.63) is 53.1 Å². The molecule has 0 spiro atoms. The molecule has 0 aliphatic heterocycles. The number of methoxy groups -OCH3 is 1. The van der Waals surface area contributed by atoms with Crippen LogP contribution >= 0.6 is 11.6 Å². The van der Waals surface area contributed by atoms with Gasteiger partial charge in [-0.25, -0.2) is 14.2 Å². The Labute approximate surface area is 148 Å². The maximum atomic E-state index is 13.9. The van der Waals surface area contributed by atoms with Crippen LogP contribution in [0.5, 0.6) is 0 Å². The Morgan fingerprint density at radius 3 is 2.80 bits per heavy atom. The van der Waals surface area contributed by atoms with Crippen molar-refractivity contribution in [1.29, 1.82) is 0 Å². The van der Waals surface area contributed by atoms with Gasteiger partial charge in [0.1, 0.15) is 11.5 Å². The normalized spacial score (nSPS) is 12.5. The standard InChI is InChI=1S/C18H16ClFN2O3/c1-10(9-25-2)22-8-13(11-3-5-14(19)15(20)7-11)12-4-6-16(18(23)24)21-17(12)22/h3-8,10H,9H2,1-2H3,(H,23,24). The summed E-state index contributed by atoms with van der Waals surface area (Å²) in [5.41, 5.74) is 1.85. The van der Waals surface area contributed by atoms with E-state index in [-0.39, 0.29) is 16.8 Å². The van der Waals surface area contributed by atoms with Crippen LogP contribution in [0.2, 0.25) is 5.02 Å². The Morgan fingerprint density at radius 1 is 1.40 bits per heavy atom. The predicted octanol–water partition coefficient (Wildman–Crippen LogP) is 4.40. The van der Waals surface area contributed by atoms with Gasteiger partial charge in [-0.15, -0.1) is 0 Å². The summed E-state index contributed by atoms with van der Waals surface area (Å²) in [6, 6.07) is 7.61. The first kappa shape index (κ1) is 17.4. The molecule has 0 aliphatic rings. The number of carboxylic acids is 1. The van der Waals surface area contributed by atoms with Gasteiger partial charge in [-0.2, -0.15) is 0 Å². The largest absolute Gasteiger partial charge is 0.477 e. The Hall–Kier alpha value is -2.44. The van der Waals surface area contributed by atoms with Gasteiger partial charge in [-0.05, 0) is 36.8 Å². The number of rotatable bonds is 5. The minimum absolute atomic E-state index is 0.0477. The van der Waals surface area contributed by atoms with Gasteiger partial charge in [-0.3, -0.25) is 0 Å². The molecule has 1 atom stereocenters. The third-order valence-corrected chi connectivity index (χ3v) is 4.32. The van der Waals surface area contributed by atoms with E-state index in [1.807, 2.05) is 17.7 Å². The number of hydrogen-bond donors (Lipinski definition) is 1. The lowest BCUT2D eigenvalue weighted by Gasteiger charge is -2.13. The number of nitrogens with zero attached hydrogens (tertiary/aromatic N) is 2. The quantitative estimate of drug-likeness (QED) is 0.730. The third kappa shape index (κ3) is 3.23. The van der Waals surface area contributed by atoms with Gasteiger partial charge >= 0.3 is 5.97 Å². The molecular weight excluding hydrogens is 347 g/mol. The maximum absolute atomic E-state index is 13.9. The van der Waals surface area contributed by atoms with Gasteiger partial charge in [0.2, 0.25) is 0 Å². The van der Waals surface area contributed by atoms with Crippen LogP contribution in [0.1, 0.15) is 23.5 Å². The molecule has 0 saturated heterocycles. The first-order valence-corrected chi connectivity index (χ1v) is 7.99. The molecule has 0 fully saturated rings. The first-order valence-electron chi connectivity index (χ1n) is 7.61. The summed E-state index contributed by atoms with van der Waals surface area (Å²) < 4.78 is 20.9. The van der Waals surface area contributed by atoms with Crippen molar-refractivity contribution in [2.24, 2.45) is 0 Å². The molecule has 7 heteroatoms. The van der Waals surface area contributed by atoms with Crippen molar-refractivity contribution >= 4 is 28.6 Å². The van der Waals surface area contributed by atoms with Crippen LogP contribution in [-0.2, 0) is 4.74 Å². The Bertz CT molecular complexity index is 955. The third-order valence-electron chi connectivity index (χ3n) is 4.01. The highest BCUT2D eigenvalue weighted by Gasteiger charge is 2.18. The maximum Gasteiger partial charge on any atom is 0.354 e. The molecular formula is C18H16ClFN2O3. The Morgan fingerprint density at radius 2 is 2.16 bits per heavy atom. The van der Waals surface area contributed by atoms with Crippen molar-refractivity contribution in [1.82, 2.24) is 9.55 Å². The van der Waals surface area contributed by atoms with Gasteiger partial charge in [0, 0.05) is 24.3 Å². The second-order valence-electron chi connectivity index (χ2n) is 5.76. The summed E-state index contributed by atoms with van der Waals surface area (Å²) in [7, 11) is 1.59. The summed E-state index contributed by atoms with van der Waals surface area (Å²) in [6.07, 6.45) is 1.83. The number of hydrogen-bond acceptors (Lipinski definition) is 3. The monoisotopic (exact) mass is 362 g/mol. The number of halogens is 2. The van der Waals surface area contributed by atoms with E-state index in [0.29, 0.717) is 17.8 Å². The molecule has 1 aromatic carbocycles. The van der Waals surface area contributed by atoms with Crippen molar-refractivity contribution in [2.75, 3.05) is 13.7 Å². The number of aromatic nitrogens is 2. The van der Waals surface area contributed by atoms with Crippen LogP contribution in [0, 0.1) is 5.82 Å². The molecule has 5 nitrogen and oxygen atoms in total. The highest BCUT2D eigenvalue weighted by atomic mass is 35.5. The van der Waals surface area contributed by atoms with Gasteiger partial charge in [-0.1, -0.05) is 17.7 Å². The minimum Gasteiger partial charge on any atom is -0.477 e. The van der Waals surface area contributed by atoms with Gasteiger partial charge in [0.25, 0.3) is 0 Å². The van der Waals surface area contributed by atoms with Crippen molar-refractivity contribution in [3.63, 3.8) is 0 Å². The first-order chi connectivity index (χ1) is 11.9. The summed E-state index contributed by atoms with van der Waals surface area (Å²) in [6.45, 7) is 2.36. The number of fused-ring (bicyclic) bond motifs is 1. The van der Waals surface area contributed by atoms with E-state index in [1.54, 1.807) is 19.2 Å². The fourth-order valence-corrected chi connectivity index (χ4v) is 2.91. The zero-order valence-electron chi connectivity index (χ0n) is 13.7. The minimum atomic E-state index is -1.10. The molecule has 0 aliphatic carbocycles. The number of carboxylic acid groups (broad SMARTS) is 1. The number of benzene rings is 1. The van der Waals surface area contributed by atoms with Crippen LogP contribution < -0.4 is 0 Å². The lowest BCUT2D eigenvalue weighted by molar-refractivity contribution is 0.0691. The molecule has 0 radical (unpaired) electrons. The Balaban J connectivity index is 2.25. The number of pyridine rings is 1. The SMILES string of the molecule is COCC(C)n1cc(-c2ccc(Cl)c(F)c2)c2ccc(C(=O)O)nc21. The highest BCUT2D eigenvalue weighted by molar-refractivity contribution is 6.30. The van der Waals surface area contributed by atoms with Crippen molar-refractivity contribution in [2.45, 2.75) is 13.0 Å². The lowest BCUT2D eigenvalue weighted by Crippen LogP contribution is -2.11. The van der Waals surface area contributed by atoms with E-state index in [2.05, 4.69) is 4.98 Å². The molecule has 130 valence electrons. The average molecular weight is 363 g/mol. The molecule has 3 aromatic rings. The molecule has 0 saturated carbocycles. The molecule has 1 unspecified atom stereocenters. The van der Waals surface area contributed by atoms with Gasteiger partial charge in [0.05, 0.1) is 17.7 Å². The summed E-state index contributed by atoms with van der Waals surface area (Å²) in [5.74, 6) is -1.62. The van der Waals surface area contributed by atoms with Crippen LogP contribution in [0.3, 0.4) is 0 Å². The molecule has 2 aromatic heterocycles. The van der Waals surface area contributed by atoms with Crippen LogP contribution in [0.4, 0.5) is 4.39 Å². The topological polar surface area (TPSA) is 64.3 Å². The van der Waals surface area contributed by atoms with Crippen molar-refractivity contribution < 1.29 is 19.0 Å². The second-order valence-corrected chi connectivity index (χ2v) is 6.16. The van der Waals surface area contributed by atoms with Crippen LogP contribution in [0.15, 0.2) is 36.5 Å². The summed E-state index contributed by atoms with van der Waals surface area (Å²) in [5, 5.41) is 9.99. The van der Waals surface area contributed by atoms with E-state index in [0.717, 1.165) is 10.9 Å². The lowest BCUT2D eigenvalue weighted by atomic mass is 10.1. The summed E-state index contributed by atoms with van der Waals surface area (Å²) >= 11 is 5.76.